The van der Waals surface area contributed by atoms with Gasteiger partial charge in [-0.25, -0.2) is 4.39 Å². The van der Waals surface area contributed by atoms with E-state index in [2.05, 4.69) is 0 Å². The number of carbonyl (C=O) groups excluding carboxylic acids is 2. The number of carbonyl (C=O) groups is 2. The Hall–Kier alpha value is -2.95. The largest absolute Gasteiger partial charge is 0.466 e. The van der Waals surface area contributed by atoms with E-state index >= 15 is 0 Å². The summed E-state index contributed by atoms with van der Waals surface area (Å²) in [4.78, 5) is 23.5. The molecule has 0 saturated heterocycles. The van der Waals surface area contributed by atoms with Crippen molar-refractivity contribution >= 4 is 12.3 Å². The highest BCUT2D eigenvalue weighted by Gasteiger charge is 2.43. The van der Waals surface area contributed by atoms with Gasteiger partial charge in [-0.2, -0.15) is 26.3 Å². The summed E-state index contributed by atoms with van der Waals surface area (Å²) in [6.07, 6.45) is -10.7. The van der Waals surface area contributed by atoms with Crippen LogP contribution in [0.25, 0.3) is 0 Å². The second-order valence-corrected chi connectivity index (χ2v) is 9.09. The van der Waals surface area contributed by atoms with Gasteiger partial charge in [0.2, 0.25) is 0 Å². The van der Waals surface area contributed by atoms with Crippen molar-refractivity contribution in [1.82, 2.24) is 0 Å². The van der Waals surface area contributed by atoms with E-state index in [1.54, 1.807) is 0 Å². The van der Waals surface area contributed by atoms with E-state index in [4.69, 9.17) is 9.47 Å². The minimum Gasteiger partial charge on any atom is -0.466 e. The summed E-state index contributed by atoms with van der Waals surface area (Å²) < 4.78 is 105. The van der Waals surface area contributed by atoms with Gasteiger partial charge in [-0.05, 0) is 61.2 Å². The molecule has 11 heteroatoms. The van der Waals surface area contributed by atoms with Crippen LogP contribution in [0.3, 0.4) is 0 Å². The van der Waals surface area contributed by atoms with Gasteiger partial charge in [0.15, 0.2) is 0 Å². The van der Waals surface area contributed by atoms with Gasteiger partial charge >= 0.3 is 18.3 Å². The first-order valence-electron chi connectivity index (χ1n) is 11.5. The van der Waals surface area contributed by atoms with Crippen molar-refractivity contribution < 1.29 is 49.8 Å². The summed E-state index contributed by atoms with van der Waals surface area (Å²) >= 11 is 0. The van der Waals surface area contributed by atoms with Gasteiger partial charge < -0.3 is 14.3 Å². The fraction of sp³-hybridized carbons (Fsp3) is 0.462. The maximum absolute atomic E-state index is 13.6. The topological polar surface area (TPSA) is 52.6 Å². The molecule has 0 bridgehead atoms. The summed E-state index contributed by atoms with van der Waals surface area (Å²) in [5, 5.41) is 0. The fourth-order valence-electron chi connectivity index (χ4n) is 4.74. The Labute approximate surface area is 208 Å². The molecule has 37 heavy (non-hydrogen) atoms. The van der Waals surface area contributed by atoms with Crippen LogP contribution in [-0.4, -0.2) is 25.0 Å². The van der Waals surface area contributed by atoms with Gasteiger partial charge in [0, 0.05) is 24.7 Å². The van der Waals surface area contributed by atoms with E-state index in [0.717, 1.165) is 0 Å². The second kappa shape index (κ2) is 11.2. The Morgan fingerprint density at radius 2 is 1.57 bits per heavy atom. The number of benzene rings is 2. The van der Waals surface area contributed by atoms with Gasteiger partial charge in [-0.3, -0.25) is 4.79 Å². The monoisotopic (exact) mass is 534 g/mol. The number of esters is 1. The molecule has 0 spiro atoms. The van der Waals surface area contributed by atoms with Crippen molar-refractivity contribution in [3.63, 3.8) is 0 Å². The van der Waals surface area contributed by atoms with Crippen molar-refractivity contribution in [2.24, 2.45) is 11.8 Å². The first kappa shape index (κ1) is 28.6. The highest BCUT2D eigenvalue weighted by Crippen LogP contribution is 2.45. The second-order valence-electron chi connectivity index (χ2n) is 9.09. The molecule has 0 aliphatic heterocycles. The molecule has 3 rings (SSSR count). The van der Waals surface area contributed by atoms with Crippen LogP contribution >= 0.6 is 0 Å². The highest BCUT2D eigenvalue weighted by atomic mass is 19.4. The van der Waals surface area contributed by atoms with Gasteiger partial charge in [-0.1, -0.05) is 12.1 Å². The van der Waals surface area contributed by atoms with Crippen molar-refractivity contribution in [2.75, 3.05) is 6.61 Å². The zero-order chi connectivity index (χ0) is 27.5. The lowest BCUT2D eigenvalue weighted by Gasteiger charge is -2.41. The van der Waals surface area contributed by atoms with Crippen LogP contribution in [0, 0.1) is 17.7 Å². The Kier molecular flexibility index (Phi) is 8.66. The zero-order valence-electron chi connectivity index (χ0n) is 19.9. The molecule has 0 amide bonds. The van der Waals surface area contributed by atoms with Crippen LogP contribution in [0.4, 0.5) is 30.7 Å². The predicted molar refractivity (Wildman–Crippen MR) is 118 cm³/mol. The van der Waals surface area contributed by atoms with E-state index < -0.39 is 65.2 Å². The SMILES string of the molecule is CC(=O)OC[C@H]1CC[C@H](O[C@H](C)c2cc(C(F)(F)F)cc(C(F)(F)F)c2)[C@@H](c2ccc(F)cc2)[C@@H]1C=O. The zero-order valence-corrected chi connectivity index (χ0v) is 19.9. The lowest BCUT2D eigenvalue weighted by Crippen LogP contribution is -2.41. The molecule has 0 aromatic heterocycles. The average Bonchev–Trinajstić information content (AvgIpc) is 2.82. The van der Waals surface area contributed by atoms with E-state index in [-0.39, 0.29) is 24.7 Å². The van der Waals surface area contributed by atoms with Crippen molar-refractivity contribution in [2.45, 2.75) is 57.2 Å². The number of ether oxygens (including phenoxy) is 2. The molecule has 2 aromatic carbocycles. The van der Waals surface area contributed by atoms with Crippen LogP contribution in [0.5, 0.6) is 0 Å². The number of hydrogen-bond acceptors (Lipinski definition) is 4. The Bertz CT molecular complexity index is 1060. The molecule has 5 atom stereocenters. The van der Waals surface area contributed by atoms with Crippen LogP contribution in [0.1, 0.15) is 61.0 Å². The standard InChI is InChI=1S/C26H25F7O4/c1-14(18-9-19(25(28,29)30)11-20(10-18)26(31,32)33)37-23-8-5-17(13-36-15(2)35)22(12-34)24(23)16-3-6-21(27)7-4-16/h3-4,6-7,9-12,14,17,22-24H,5,8,13H2,1-2H3/t14-,17-,22-,23+,24+/m1/s1. The van der Waals surface area contributed by atoms with E-state index in [0.29, 0.717) is 30.4 Å². The van der Waals surface area contributed by atoms with Crippen LogP contribution in [-0.2, 0) is 31.4 Å². The van der Waals surface area contributed by atoms with E-state index in [9.17, 15) is 40.3 Å². The van der Waals surface area contributed by atoms with Crippen molar-refractivity contribution in [3.8, 4) is 0 Å². The van der Waals surface area contributed by atoms with Crippen LogP contribution in [0.2, 0.25) is 0 Å². The van der Waals surface area contributed by atoms with Gasteiger partial charge in [0.05, 0.1) is 29.9 Å². The summed E-state index contributed by atoms with van der Waals surface area (Å²) in [6.45, 7) is 2.49. The summed E-state index contributed by atoms with van der Waals surface area (Å²) in [7, 11) is 0. The molecule has 0 radical (unpaired) electrons. The number of alkyl halides is 6. The number of hydrogen-bond donors (Lipinski definition) is 0. The van der Waals surface area contributed by atoms with E-state index in [1.165, 1.54) is 38.1 Å². The molecule has 0 N–H and O–H groups in total. The third-order valence-electron chi connectivity index (χ3n) is 6.55. The lowest BCUT2D eigenvalue weighted by atomic mass is 9.68. The van der Waals surface area contributed by atoms with Crippen LogP contribution < -0.4 is 0 Å². The maximum Gasteiger partial charge on any atom is 0.416 e. The summed E-state index contributed by atoms with van der Waals surface area (Å²) in [5.41, 5.74) is -2.75. The molecule has 1 fully saturated rings. The summed E-state index contributed by atoms with van der Waals surface area (Å²) in [6, 6.07) is 6.49. The lowest BCUT2D eigenvalue weighted by molar-refractivity contribution is -0.146. The molecule has 1 saturated carbocycles. The van der Waals surface area contributed by atoms with E-state index in [1.807, 2.05) is 0 Å². The quantitative estimate of drug-likeness (QED) is 0.221. The molecule has 1 aliphatic carbocycles. The molecule has 2 aromatic rings. The molecule has 0 unspecified atom stereocenters. The fourth-order valence-corrected chi connectivity index (χ4v) is 4.74. The Morgan fingerprint density at radius 3 is 2.05 bits per heavy atom. The normalized spacial score (nSPS) is 23.4. The van der Waals surface area contributed by atoms with Crippen molar-refractivity contribution in [3.05, 3.63) is 70.5 Å². The Balaban J connectivity index is 1.96. The van der Waals surface area contributed by atoms with Gasteiger partial charge in [-0.15, -0.1) is 0 Å². The molecule has 4 nitrogen and oxygen atoms in total. The summed E-state index contributed by atoms with van der Waals surface area (Å²) in [5.74, 6) is -2.95. The average molecular weight is 534 g/mol. The molecule has 0 heterocycles. The molecule has 202 valence electrons. The van der Waals surface area contributed by atoms with Gasteiger partial charge in [0.1, 0.15) is 12.1 Å². The highest BCUT2D eigenvalue weighted by molar-refractivity contribution is 5.66. The van der Waals surface area contributed by atoms with Crippen molar-refractivity contribution in [1.29, 1.82) is 0 Å². The molecular weight excluding hydrogens is 509 g/mol. The van der Waals surface area contributed by atoms with Gasteiger partial charge in [0.25, 0.3) is 0 Å². The Morgan fingerprint density at radius 1 is 1.00 bits per heavy atom. The maximum atomic E-state index is 13.6. The first-order chi connectivity index (χ1) is 17.2. The van der Waals surface area contributed by atoms with Crippen LogP contribution in [0.15, 0.2) is 42.5 Å². The number of halogens is 7. The predicted octanol–water partition coefficient (Wildman–Crippen LogP) is 6.88. The smallest absolute Gasteiger partial charge is 0.416 e. The minimum absolute atomic E-state index is 0.0419. The third kappa shape index (κ3) is 7.09. The number of rotatable bonds is 7. The first-order valence-corrected chi connectivity index (χ1v) is 11.5. The minimum atomic E-state index is -5.01. The third-order valence-corrected chi connectivity index (χ3v) is 6.55. The molecular formula is C26H25F7O4. The number of aldehydes is 1. The molecule has 1 aliphatic rings.